The van der Waals surface area contributed by atoms with Gasteiger partial charge in [0.1, 0.15) is 11.6 Å². The Labute approximate surface area is 130 Å². The molecule has 0 saturated carbocycles. The number of nitrogens with one attached hydrogen (secondary N) is 1. The lowest BCUT2D eigenvalue weighted by Gasteiger charge is -2.13. The second kappa shape index (κ2) is 6.46. The summed E-state index contributed by atoms with van der Waals surface area (Å²) in [5, 5.41) is 0. The van der Waals surface area contributed by atoms with E-state index in [9.17, 15) is 12.8 Å². The maximum Gasteiger partial charge on any atom is 0.241 e. The van der Waals surface area contributed by atoms with Crippen LogP contribution >= 0.6 is 0 Å². The van der Waals surface area contributed by atoms with Crippen molar-refractivity contribution in [3.8, 4) is 5.75 Å². The van der Waals surface area contributed by atoms with Crippen LogP contribution in [-0.2, 0) is 16.6 Å². The molecule has 0 aliphatic carbocycles. The van der Waals surface area contributed by atoms with E-state index in [0.717, 1.165) is 5.56 Å². The molecule has 4 nitrogen and oxygen atoms in total. The van der Waals surface area contributed by atoms with Crippen LogP contribution < -0.4 is 9.46 Å². The van der Waals surface area contributed by atoms with E-state index in [4.69, 9.17) is 4.74 Å². The predicted octanol–water partition coefficient (Wildman–Crippen LogP) is 2.93. The molecule has 1 N–H and O–H groups in total. The summed E-state index contributed by atoms with van der Waals surface area (Å²) in [6.45, 7) is 3.61. The molecule has 2 aromatic rings. The van der Waals surface area contributed by atoms with Gasteiger partial charge in [-0.3, -0.25) is 0 Å². The van der Waals surface area contributed by atoms with Crippen molar-refractivity contribution >= 4 is 10.0 Å². The van der Waals surface area contributed by atoms with Gasteiger partial charge in [-0.15, -0.1) is 0 Å². The molecule has 118 valence electrons. The number of halogens is 1. The highest BCUT2D eigenvalue weighted by atomic mass is 32.2. The standard InChI is InChI=1S/C16H18FNO3S/c1-11-9-16(12(2)8-15(11)21-3)22(19,20)18-10-13-4-6-14(17)7-5-13/h4-9,18H,10H2,1-3H3. The van der Waals surface area contributed by atoms with Crippen molar-refractivity contribution in [1.29, 1.82) is 0 Å². The Kier molecular flexibility index (Phi) is 4.83. The van der Waals surface area contributed by atoms with Crippen molar-refractivity contribution < 1.29 is 17.5 Å². The fraction of sp³-hybridized carbons (Fsp3) is 0.250. The Balaban J connectivity index is 2.23. The molecular formula is C16H18FNO3S. The number of ether oxygens (including phenoxy) is 1. The van der Waals surface area contributed by atoms with E-state index in [1.54, 1.807) is 45.2 Å². The molecule has 0 unspecified atom stereocenters. The van der Waals surface area contributed by atoms with Crippen LogP contribution in [0.25, 0.3) is 0 Å². The van der Waals surface area contributed by atoms with Crippen molar-refractivity contribution in [2.75, 3.05) is 7.11 Å². The minimum Gasteiger partial charge on any atom is -0.496 e. The summed E-state index contributed by atoms with van der Waals surface area (Å²) in [5.41, 5.74) is 2.04. The van der Waals surface area contributed by atoms with Crippen LogP contribution in [0.5, 0.6) is 5.75 Å². The number of aryl methyl sites for hydroxylation is 2. The van der Waals surface area contributed by atoms with E-state index in [1.807, 2.05) is 0 Å². The molecule has 0 heterocycles. The molecule has 0 aliphatic heterocycles. The lowest BCUT2D eigenvalue weighted by atomic mass is 10.1. The first-order valence-electron chi connectivity index (χ1n) is 6.73. The summed E-state index contributed by atoms with van der Waals surface area (Å²) in [5.74, 6) is 0.295. The Hall–Kier alpha value is -1.92. The van der Waals surface area contributed by atoms with E-state index in [0.29, 0.717) is 16.9 Å². The zero-order chi connectivity index (χ0) is 16.3. The van der Waals surface area contributed by atoms with Crippen molar-refractivity contribution in [2.24, 2.45) is 0 Å². The molecule has 0 fully saturated rings. The van der Waals surface area contributed by atoms with E-state index < -0.39 is 10.0 Å². The lowest BCUT2D eigenvalue weighted by molar-refractivity contribution is 0.411. The van der Waals surface area contributed by atoms with Gasteiger partial charge in [-0.2, -0.15) is 0 Å². The maximum atomic E-state index is 12.8. The molecule has 2 rings (SSSR count). The molecule has 2 aromatic carbocycles. The zero-order valence-corrected chi connectivity index (χ0v) is 13.5. The molecule has 0 atom stereocenters. The van der Waals surface area contributed by atoms with Crippen molar-refractivity contribution in [1.82, 2.24) is 4.72 Å². The Bertz CT molecular complexity index is 771. The summed E-state index contributed by atoms with van der Waals surface area (Å²) in [7, 11) is -2.10. The fourth-order valence-corrected chi connectivity index (χ4v) is 3.46. The third-order valence-corrected chi connectivity index (χ3v) is 4.90. The topological polar surface area (TPSA) is 55.4 Å². The van der Waals surface area contributed by atoms with Crippen LogP contribution in [0.15, 0.2) is 41.3 Å². The molecule has 0 aromatic heterocycles. The van der Waals surface area contributed by atoms with Crippen molar-refractivity contribution in [3.05, 3.63) is 58.9 Å². The smallest absolute Gasteiger partial charge is 0.241 e. The Morgan fingerprint density at radius 3 is 2.32 bits per heavy atom. The summed E-state index contributed by atoms with van der Waals surface area (Å²) in [6.07, 6.45) is 0. The van der Waals surface area contributed by atoms with Gasteiger partial charge in [-0.05, 0) is 54.8 Å². The van der Waals surface area contributed by atoms with Crippen LogP contribution in [0.2, 0.25) is 0 Å². The molecule has 0 bridgehead atoms. The second-order valence-electron chi connectivity index (χ2n) is 5.04. The SMILES string of the molecule is COc1cc(C)c(S(=O)(=O)NCc2ccc(F)cc2)cc1C. The number of hydrogen-bond donors (Lipinski definition) is 1. The number of rotatable bonds is 5. The number of hydrogen-bond acceptors (Lipinski definition) is 3. The third-order valence-electron chi connectivity index (χ3n) is 3.36. The van der Waals surface area contributed by atoms with Gasteiger partial charge in [-0.1, -0.05) is 12.1 Å². The Morgan fingerprint density at radius 2 is 1.73 bits per heavy atom. The largest absolute Gasteiger partial charge is 0.496 e. The van der Waals surface area contributed by atoms with Crippen LogP contribution in [0, 0.1) is 19.7 Å². The Morgan fingerprint density at radius 1 is 1.09 bits per heavy atom. The second-order valence-corrected chi connectivity index (χ2v) is 6.77. The van der Waals surface area contributed by atoms with Gasteiger partial charge in [0.2, 0.25) is 10.0 Å². The monoisotopic (exact) mass is 323 g/mol. The fourth-order valence-electron chi connectivity index (χ4n) is 2.13. The van der Waals surface area contributed by atoms with Crippen LogP contribution in [-0.4, -0.2) is 15.5 Å². The molecule has 0 radical (unpaired) electrons. The minimum absolute atomic E-state index is 0.104. The normalized spacial score (nSPS) is 11.5. The maximum absolute atomic E-state index is 12.8. The summed E-state index contributed by atoms with van der Waals surface area (Å²) < 4.78 is 45.4. The molecule has 0 saturated heterocycles. The molecular weight excluding hydrogens is 305 g/mol. The van der Waals surface area contributed by atoms with E-state index in [2.05, 4.69) is 4.72 Å². The quantitative estimate of drug-likeness (QED) is 0.920. The van der Waals surface area contributed by atoms with Gasteiger partial charge >= 0.3 is 0 Å². The van der Waals surface area contributed by atoms with Crippen molar-refractivity contribution in [2.45, 2.75) is 25.3 Å². The van der Waals surface area contributed by atoms with Crippen LogP contribution in [0.4, 0.5) is 4.39 Å². The summed E-state index contributed by atoms with van der Waals surface area (Å²) in [4.78, 5) is 0.216. The lowest BCUT2D eigenvalue weighted by Crippen LogP contribution is -2.24. The van der Waals surface area contributed by atoms with Crippen LogP contribution in [0.3, 0.4) is 0 Å². The van der Waals surface area contributed by atoms with Gasteiger partial charge in [-0.25, -0.2) is 17.5 Å². The zero-order valence-electron chi connectivity index (χ0n) is 12.7. The highest BCUT2D eigenvalue weighted by Crippen LogP contribution is 2.25. The predicted molar refractivity (Wildman–Crippen MR) is 82.9 cm³/mol. The first-order valence-corrected chi connectivity index (χ1v) is 8.21. The highest BCUT2D eigenvalue weighted by molar-refractivity contribution is 7.89. The first-order chi connectivity index (χ1) is 10.3. The summed E-state index contributed by atoms with van der Waals surface area (Å²) in [6, 6.07) is 8.97. The molecule has 0 spiro atoms. The molecule has 0 aliphatic rings. The van der Waals surface area contributed by atoms with Gasteiger partial charge < -0.3 is 4.74 Å². The van der Waals surface area contributed by atoms with E-state index >= 15 is 0 Å². The van der Waals surface area contributed by atoms with Gasteiger partial charge in [0, 0.05) is 6.54 Å². The number of benzene rings is 2. The van der Waals surface area contributed by atoms with Gasteiger partial charge in [0.15, 0.2) is 0 Å². The highest BCUT2D eigenvalue weighted by Gasteiger charge is 2.18. The number of methoxy groups -OCH3 is 1. The third kappa shape index (κ3) is 3.64. The van der Waals surface area contributed by atoms with Crippen LogP contribution in [0.1, 0.15) is 16.7 Å². The minimum atomic E-state index is -3.65. The first kappa shape index (κ1) is 16.5. The van der Waals surface area contributed by atoms with Gasteiger partial charge in [0.05, 0.1) is 12.0 Å². The van der Waals surface area contributed by atoms with E-state index in [1.165, 1.54) is 12.1 Å². The van der Waals surface area contributed by atoms with Crippen molar-refractivity contribution in [3.63, 3.8) is 0 Å². The molecule has 0 amide bonds. The summed E-state index contributed by atoms with van der Waals surface area (Å²) >= 11 is 0. The molecule has 6 heteroatoms. The average molecular weight is 323 g/mol. The van der Waals surface area contributed by atoms with Gasteiger partial charge in [0.25, 0.3) is 0 Å². The molecule has 22 heavy (non-hydrogen) atoms. The van der Waals surface area contributed by atoms with E-state index in [-0.39, 0.29) is 17.3 Å². The average Bonchev–Trinajstić information content (AvgIpc) is 2.48. The number of sulfonamides is 1.